The van der Waals surface area contributed by atoms with Gasteiger partial charge in [0.1, 0.15) is 18.1 Å². The predicted molar refractivity (Wildman–Crippen MR) is 90.0 cm³/mol. The monoisotopic (exact) mass is 363 g/mol. The van der Waals surface area contributed by atoms with Gasteiger partial charge in [0.2, 0.25) is 5.91 Å². The van der Waals surface area contributed by atoms with E-state index in [-0.39, 0.29) is 5.91 Å². The second-order valence-corrected chi connectivity index (χ2v) is 5.92. The fourth-order valence-corrected chi connectivity index (χ4v) is 1.53. The van der Waals surface area contributed by atoms with E-state index in [0.717, 1.165) is 0 Å². The second-order valence-electron chi connectivity index (χ2n) is 5.92. The molecule has 0 bridgehead atoms. The maximum atomic E-state index is 10.4. The van der Waals surface area contributed by atoms with Crippen LogP contribution < -0.4 is 16.4 Å². The lowest BCUT2D eigenvalue weighted by atomic mass is 10.1. The van der Waals surface area contributed by atoms with Gasteiger partial charge in [-0.1, -0.05) is 13.8 Å². The number of likely N-dealkylation sites (N-methyl/N-ethyl adjacent to an activating group) is 1. The Morgan fingerprint density at radius 2 is 1.72 bits per heavy atom. The molecule has 1 aliphatic heterocycles. The summed E-state index contributed by atoms with van der Waals surface area (Å²) in [6.07, 6.45) is 1.32. The highest BCUT2D eigenvalue weighted by atomic mass is 16.4. The van der Waals surface area contributed by atoms with Crippen molar-refractivity contribution < 1.29 is 34.5 Å². The molecule has 1 rings (SSSR count). The van der Waals surface area contributed by atoms with Crippen LogP contribution in [0.25, 0.3) is 0 Å². The van der Waals surface area contributed by atoms with Crippen molar-refractivity contribution in [1.82, 2.24) is 10.6 Å². The van der Waals surface area contributed by atoms with E-state index in [1.54, 1.807) is 14.0 Å². The standard InChI is InChI=1S/C6H13NO2.C5H7NO3.C4H9NO2/c1-4(2)3-5(7)6(8)9;7-4-2-1-3(6-4)5(8)9;1-3(5-2)4(6)7/h4-5H,3,7H2,1-2H3,(H,8,9);3H,1-2H2,(H,6,7)(H,8,9);3,5H,1-2H3,(H,6,7)/t5-;2*3-/m000/s1. The minimum Gasteiger partial charge on any atom is -0.480 e. The zero-order valence-corrected chi connectivity index (χ0v) is 15.0. The van der Waals surface area contributed by atoms with Crippen LogP contribution in [0.15, 0.2) is 0 Å². The lowest BCUT2D eigenvalue weighted by molar-refractivity contribution is -0.140. The summed E-state index contributed by atoms with van der Waals surface area (Å²) in [4.78, 5) is 40.5. The van der Waals surface area contributed by atoms with E-state index in [2.05, 4.69) is 10.6 Å². The maximum absolute atomic E-state index is 10.4. The number of carbonyl (C=O) groups excluding carboxylic acids is 1. The fourth-order valence-electron chi connectivity index (χ4n) is 1.53. The first-order chi connectivity index (χ1) is 11.4. The summed E-state index contributed by atoms with van der Waals surface area (Å²) >= 11 is 0. The van der Waals surface area contributed by atoms with Crippen LogP contribution in [0.4, 0.5) is 0 Å². The molecule has 1 saturated heterocycles. The molecule has 0 aromatic carbocycles. The fraction of sp³-hybridized carbons (Fsp3) is 0.733. The van der Waals surface area contributed by atoms with Crippen LogP contribution in [0.5, 0.6) is 0 Å². The molecule has 0 aliphatic carbocycles. The number of carboxylic acid groups (broad SMARTS) is 3. The third-order valence-corrected chi connectivity index (χ3v) is 3.14. The third kappa shape index (κ3) is 13.9. The SMILES string of the molecule is CC(C)C[C@H](N)C(=O)O.CN[C@@H](C)C(=O)O.O=C1CC[C@@H](C(=O)O)N1. The molecule has 1 aliphatic rings. The maximum Gasteiger partial charge on any atom is 0.326 e. The Morgan fingerprint density at radius 1 is 1.20 bits per heavy atom. The van der Waals surface area contributed by atoms with Crippen molar-refractivity contribution >= 4 is 23.8 Å². The van der Waals surface area contributed by atoms with Crippen molar-refractivity contribution in [3.8, 4) is 0 Å². The smallest absolute Gasteiger partial charge is 0.326 e. The Labute approximate surface area is 146 Å². The molecule has 25 heavy (non-hydrogen) atoms. The summed E-state index contributed by atoms with van der Waals surface area (Å²) < 4.78 is 0. The van der Waals surface area contributed by atoms with Gasteiger partial charge in [-0.15, -0.1) is 0 Å². The highest BCUT2D eigenvalue weighted by molar-refractivity contribution is 5.87. The van der Waals surface area contributed by atoms with Crippen LogP contribution in [-0.4, -0.2) is 64.3 Å². The van der Waals surface area contributed by atoms with E-state index < -0.39 is 36.0 Å². The van der Waals surface area contributed by atoms with Gasteiger partial charge < -0.3 is 31.7 Å². The van der Waals surface area contributed by atoms with Gasteiger partial charge in [0.15, 0.2) is 0 Å². The van der Waals surface area contributed by atoms with Crippen molar-refractivity contribution in [1.29, 1.82) is 0 Å². The summed E-state index contributed by atoms with van der Waals surface area (Å²) in [7, 11) is 1.61. The van der Waals surface area contributed by atoms with Gasteiger partial charge in [0.25, 0.3) is 0 Å². The quantitative estimate of drug-likeness (QED) is 0.362. The van der Waals surface area contributed by atoms with Crippen molar-refractivity contribution in [2.24, 2.45) is 11.7 Å². The van der Waals surface area contributed by atoms with Gasteiger partial charge in [-0.25, -0.2) is 4.79 Å². The van der Waals surface area contributed by atoms with Gasteiger partial charge in [-0.05, 0) is 32.7 Å². The van der Waals surface area contributed by atoms with Gasteiger partial charge in [0.05, 0.1) is 0 Å². The zero-order chi connectivity index (χ0) is 20.2. The van der Waals surface area contributed by atoms with Crippen molar-refractivity contribution in [3.05, 3.63) is 0 Å². The number of nitrogens with one attached hydrogen (secondary N) is 2. The Hall–Kier alpha value is -2.20. The van der Waals surface area contributed by atoms with Crippen LogP contribution in [0.1, 0.15) is 40.0 Å². The molecule has 1 heterocycles. The number of aliphatic carboxylic acids is 3. The predicted octanol–water partition coefficient (Wildman–Crippen LogP) is -0.527. The van der Waals surface area contributed by atoms with Gasteiger partial charge >= 0.3 is 17.9 Å². The van der Waals surface area contributed by atoms with Crippen molar-refractivity contribution in [2.75, 3.05) is 7.05 Å². The van der Waals surface area contributed by atoms with Crippen LogP contribution in [-0.2, 0) is 19.2 Å². The average molecular weight is 363 g/mol. The minimum absolute atomic E-state index is 0.164. The second kappa shape index (κ2) is 13.1. The molecule has 0 aromatic rings. The van der Waals surface area contributed by atoms with Crippen LogP contribution in [0.2, 0.25) is 0 Å². The summed E-state index contributed by atoms with van der Waals surface area (Å²) in [5, 5.41) is 29.6. The summed E-state index contributed by atoms with van der Waals surface area (Å²) in [5.74, 6) is -2.48. The van der Waals surface area contributed by atoms with Crippen molar-refractivity contribution in [2.45, 2.75) is 58.2 Å². The molecule has 0 saturated carbocycles. The molecule has 0 radical (unpaired) electrons. The average Bonchev–Trinajstić information content (AvgIpc) is 2.93. The van der Waals surface area contributed by atoms with Crippen LogP contribution in [0, 0.1) is 5.92 Å². The first-order valence-corrected chi connectivity index (χ1v) is 7.82. The molecule has 10 heteroatoms. The molecular weight excluding hydrogens is 334 g/mol. The molecule has 0 aromatic heterocycles. The Morgan fingerprint density at radius 3 is 1.84 bits per heavy atom. The summed E-state index contributed by atoms with van der Waals surface area (Å²) in [5.41, 5.74) is 5.22. The van der Waals surface area contributed by atoms with E-state index in [4.69, 9.17) is 21.1 Å². The van der Waals surface area contributed by atoms with Crippen molar-refractivity contribution in [3.63, 3.8) is 0 Å². The topological polar surface area (TPSA) is 179 Å². The summed E-state index contributed by atoms with van der Waals surface area (Å²) in [6.45, 7) is 5.48. The van der Waals surface area contributed by atoms with E-state index in [1.807, 2.05) is 13.8 Å². The van der Waals surface area contributed by atoms with Crippen LogP contribution in [0.3, 0.4) is 0 Å². The molecule has 0 unspecified atom stereocenters. The Balaban J connectivity index is 0. The van der Waals surface area contributed by atoms with Gasteiger partial charge in [0, 0.05) is 6.42 Å². The molecule has 146 valence electrons. The van der Waals surface area contributed by atoms with Gasteiger partial charge in [-0.2, -0.15) is 0 Å². The number of carbonyl (C=O) groups is 4. The van der Waals surface area contributed by atoms with E-state index in [9.17, 15) is 19.2 Å². The number of rotatable bonds is 6. The number of carboxylic acids is 3. The molecule has 0 spiro atoms. The molecular formula is C15H29N3O7. The van der Waals surface area contributed by atoms with Gasteiger partial charge in [-0.3, -0.25) is 14.4 Å². The molecule has 7 N–H and O–H groups in total. The van der Waals surface area contributed by atoms with E-state index >= 15 is 0 Å². The lowest BCUT2D eigenvalue weighted by Gasteiger charge is -2.07. The number of hydrogen-bond acceptors (Lipinski definition) is 6. The highest BCUT2D eigenvalue weighted by Gasteiger charge is 2.26. The Bertz CT molecular complexity index is 454. The summed E-state index contributed by atoms with van der Waals surface area (Å²) in [6, 6.07) is -1.76. The number of amides is 1. The Kier molecular flexibility index (Phi) is 13.2. The zero-order valence-electron chi connectivity index (χ0n) is 15.0. The van der Waals surface area contributed by atoms with E-state index in [1.165, 1.54) is 0 Å². The molecule has 3 atom stereocenters. The number of hydrogen-bond donors (Lipinski definition) is 6. The molecule has 1 fully saturated rings. The number of nitrogens with two attached hydrogens (primary N) is 1. The minimum atomic E-state index is -0.944. The lowest BCUT2D eigenvalue weighted by Crippen LogP contribution is -2.32. The molecule has 1 amide bonds. The normalized spacial score (nSPS) is 18.0. The highest BCUT2D eigenvalue weighted by Crippen LogP contribution is 2.05. The third-order valence-electron chi connectivity index (χ3n) is 3.14. The largest absolute Gasteiger partial charge is 0.480 e. The first kappa shape index (κ1) is 25.0. The first-order valence-electron chi connectivity index (χ1n) is 7.82. The van der Waals surface area contributed by atoms with Crippen LogP contribution >= 0.6 is 0 Å². The molecule has 10 nitrogen and oxygen atoms in total. The van der Waals surface area contributed by atoms with E-state index in [0.29, 0.717) is 25.2 Å².